The van der Waals surface area contributed by atoms with Crippen molar-refractivity contribution in [3.8, 4) is 0 Å². The summed E-state index contributed by atoms with van der Waals surface area (Å²) >= 11 is 1.37. The maximum atomic E-state index is 12.3. The number of anilines is 2. The number of hydrogen-bond acceptors (Lipinski definition) is 6. The van der Waals surface area contributed by atoms with E-state index in [0.29, 0.717) is 22.2 Å². The minimum atomic E-state index is -0.715. The van der Waals surface area contributed by atoms with Gasteiger partial charge >= 0.3 is 0 Å². The molecule has 0 aromatic carbocycles. The van der Waals surface area contributed by atoms with Gasteiger partial charge in [0.2, 0.25) is 0 Å². The van der Waals surface area contributed by atoms with Crippen molar-refractivity contribution >= 4 is 39.0 Å². The average molecular weight is 328 g/mol. The van der Waals surface area contributed by atoms with E-state index in [-0.39, 0.29) is 11.9 Å². The Hall–Kier alpha value is -1.15. The van der Waals surface area contributed by atoms with Crippen molar-refractivity contribution < 1.29 is 9.00 Å². The number of nitrogens with zero attached hydrogens (tertiary/aromatic N) is 2. The van der Waals surface area contributed by atoms with Gasteiger partial charge in [0.1, 0.15) is 10.7 Å². The van der Waals surface area contributed by atoms with Crippen LogP contribution in [-0.2, 0) is 10.8 Å². The highest BCUT2D eigenvalue weighted by molar-refractivity contribution is 7.85. The molecule has 8 heteroatoms. The first-order chi connectivity index (χ1) is 10.1. The molecule has 6 nitrogen and oxygen atoms in total. The molecule has 0 atom stereocenters. The number of nitrogens with one attached hydrogen (secondary N) is 1. The molecule has 0 aliphatic carbocycles. The lowest BCUT2D eigenvalue weighted by atomic mass is 10.1. The maximum Gasteiger partial charge on any atom is 0.265 e. The zero-order valence-electron chi connectivity index (χ0n) is 11.8. The van der Waals surface area contributed by atoms with E-state index < -0.39 is 10.8 Å². The van der Waals surface area contributed by atoms with Crippen LogP contribution >= 0.6 is 11.3 Å². The maximum absolute atomic E-state index is 12.3. The second-order valence-electron chi connectivity index (χ2n) is 5.50. The molecule has 21 heavy (non-hydrogen) atoms. The summed E-state index contributed by atoms with van der Waals surface area (Å²) in [6.45, 7) is 1.98. The summed E-state index contributed by atoms with van der Waals surface area (Å²) in [5, 5.41) is 3.85. The van der Waals surface area contributed by atoms with Gasteiger partial charge in [-0.25, -0.2) is 4.98 Å². The number of aromatic nitrogens is 1. The number of amides is 1. The van der Waals surface area contributed by atoms with Crippen LogP contribution in [0.5, 0.6) is 0 Å². The third-order valence-electron chi connectivity index (χ3n) is 3.95. The number of nitrogen functional groups attached to an aromatic ring is 1. The van der Waals surface area contributed by atoms with Gasteiger partial charge in [0.15, 0.2) is 5.13 Å². The summed E-state index contributed by atoms with van der Waals surface area (Å²) in [5.74, 6) is 1.51. The van der Waals surface area contributed by atoms with Crippen LogP contribution in [0.2, 0.25) is 0 Å². The zero-order chi connectivity index (χ0) is 14.8. The van der Waals surface area contributed by atoms with E-state index in [1.807, 2.05) is 0 Å². The van der Waals surface area contributed by atoms with Crippen LogP contribution in [-0.4, -0.2) is 45.7 Å². The first-order valence-electron chi connectivity index (χ1n) is 7.30. The van der Waals surface area contributed by atoms with Crippen LogP contribution in [0.3, 0.4) is 0 Å². The predicted molar refractivity (Wildman–Crippen MR) is 86.3 cm³/mol. The molecule has 0 unspecified atom stereocenters. The predicted octanol–water partition coefficient (Wildman–Crippen LogP) is 0.966. The molecule has 2 aliphatic heterocycles. The van der Waals surface area contributed by atoms with Crippen molar-refractivity contribution in [2.75, 3.05) is 35.2 Å². The summed E-state index contributed by atoms with van der Waals surface area (Å²) in [5.41, 5.74) is 5.90. The molecule has 0 saturated carbocycles. The van der Waals surface area contributed by atoms with Crippen molar-refractivity contribution in [3.05, 3.63) is 4.88 Å². The highest BCUT2D eigenvalue weighted by Gasteiger charge is 2.25. The molecule has 0 radical (unpaired) electrons. The van der Waals surface area contributed by atoms with Crippen LogP contribution in [0.1, 0.15) is 35.4 Å². The van der Waals surface area contributed by atoms with E-state index in [1.165, 1.54) is 24.2 Å². The van der Waals surface area contributed by atoms with Crippen LogP contribution in [0.4, 0.5) is 10.9 Å². The first kappa shape index (κ1) is 14.8. The normalized spacial score (nSPS) is 26.0. The van der Waals surface area contributed by atoms with Gasteiger partial charge in [0, 0.05) is 41.4 Å². The molecule has 116 valence electrons. The zero-order valence-corrected chi connectivity index (χ0v) is 13.5. The lowest BCUT2D eigenvalue weighted by Crippen LogP contribution is -2.39. The topological polar surface area (TPSA) is 88.3 Å². The van der Waals surface area contributed by atoms with Crippen molar-refractivity contribution in [2.45, 2.75) is 31.7 Å². The van der Waals surface area contributed by atoms with Crippen LogP contribution in [0.25, 0.3) is 0 Å². The molecule has 2 aliphatic rings. The Labute approximate surface area is 130 Å². The van der Waals surface area contributed by atoms with Crippen molar-refractivity contribution in [2.24, 2.45) is 0 Å². The monoisotopic (exact) mass is 328 g/mol. The van der Waals surface area contributed by atoms with Gasteiger partial charge in [-0.05, 0) is 25.7 Å². The smallest absolute Gasteiger partial charge is 0.265 e. The molecule has 3 N–H and O–H groups in total. The Morgan fingerprint density at radius 1 is 1.33 bits per heavy atom. The molecular formula is C13H20N4O2S2. The van der Waals surface area contributed by atoms with Crippen molar-refractivity contribution in [1.82, 2.24) is 10.3 Å². The molecule has 1 aromatic heterocycles. The second kappa shape index (κ2) is 6.31. The molecular weight excluding hydrogens is 308 g/mol. The van der Waals surface area contributed by atoms with Gasteiger partial charge in [-0.1, -0.05) is 11.3 Å². The highest BCUT2D eigenvalue weighted by atomic mass is 32.2. The summed E-state index contributed by atoms with van der Waals surface area (Å²) in [6, 6.07) is 0.104. The third-order valence-corrected chi connectivity index (χ3v) is 6.46. The minimum Gasteiger partial charge on any atom is -0.382 e. The van der Waals surface area contributed by atoms with Crippen molar-refractivity contribution in [1.29, 1.82) is 0 Å². The third kappa shape index (κ3) is 3.37. The SMILES string of the molecule is Nc1nc(N2CCCC2)sc1C(=O)NC1CCS(=O)CC1. The Morgan fingerprint density at radius 2 is 2.00 bits per heavy atom. The molecule has 2 saturated heterocycles. The largest absolute Gasteiger partial charge is 0.382 e. The number of carbonyl (C=O) groups is 1. The summed E-state index contributed by atoms with van der Waals surface area (Å²) < 4.78 is 11.3. The van der Waals surface area contributed by atoms with Crippen molar-refractivity contribution in [3.63, 3.8) is 0 Å². The van der Waals surface area contributed by atoms with Gasteiger partial charge in [-0.2, -0.15) is 0 Å². The Balaban J connectivity index is 1.65. The van der Waals surface area contributed by atoms with Gasteiger partial charge in [-0.3, -0.25) is 9.00 Å². The van der Waals surface area contributed by atoms with E-state index in [1.54, 1.807) is 0 Å². The molecule has 0 bridgehead atoms. The second-order valence-corrected chi connectivity index (χ2v) is 8.17. The quantitative estimate of drug-likeness (QED) is 0.863. The standard InChI is InChI=1S/C13H20N4O2S2/c14-11-10(20-13(16-11)17-5-1-2-6-17)12(18)15-9-3-7-21(19)8-4-9/h9H,1-8,14H2,(H,15,18). The minimum absolute atomic E-state index is 0.104. The molecule has 3 rings (SSSR count). The Kier molecular flexibility index (Phi) is 4.44. The lowest BCUT2D eigenvalue weighted by Gasteiger charge is -2.22. The van der Waals surface area contributed by atoms with Gasteiger partial charge in [0.25, 0.3) is 5.91 Å². The lowest BCUT2D eigenvalue weighted by molar-refractivity contribution is 0.0939. The highest BCUT2D eigenvalue weighted by Crippen LogP contribution is 2.30. The number of nitrogens with two attached hydrogens (primary N) is 1. The van der Waals surface area contributed by atoms with E-state index in [4.69, 9.17) is 5.73 Å². The average Bonchev–Trinajstić information content (AvgIpc) is 3.10. The van der Waals surface area contributed by atoms with Gasteiger partial charge in [0.05, 0.1) is 0 Å². The molecule has 3 heterocycles. The fourth-order valence-corrected chi connectivity index (χ4v) is 4.95. The van der Waals surface area contributed by atoms with Crippen LogP contribution in [0.15, 0.2) is 0 Å². The van der Waals surface area contributed by atoms with Crippen LogP contribution < -0.4 is 16.0 Å². The van der Waals surface area contributed by atoms with Gasteiger partial charge in [-0.15, -0.1) is 0 Å². The molecule has 1 aromatic rings. The first-order valence-corrected chi connectivity index (χ1v) is 9.61. The van der Waals surface area contributed by atoms with E-state index in [2.05, 4.69) is 15.2 Å². The fourth-order valence-electron chi connectivity index (χ4n) is 2.72. The molecule has 2 fully saturated rings. The number of hydrogen-bond donors (Lipinski definition) is 2. The van der Waals surface area contributed by atoms with Gasteiger partial charge < -0.3 is 16.0 Å². The number of thiazole rings is 1. The Bertz CT molecular complexity index is 544. The number of rotatable bonds is 3. The molecule has 0 spiro atoms. The number of carbonyl (C=O) groups excluding carboxylic acids is 1. The van der Waals surface area contributed by atoms with E-state index in [9.17, 15) is 9.00 Å². The fraction of sp³-hybridized carbons (Fsp3) is 0.692. The van der Waals surface area contributed by atoms with E-state index >= 15 is 0 Å². The van der Waals surface area contributed by atoms with Crippen LogP contribution in [0, 0.1) is 0 Å². The Morgan fingerprint density at radius 3 is 2.67 bits per heavy atom. The summed E-state index contributed by atoms with van der Waals surface area (Å²) in [7, 11) is -0.715. The summed E-state index contributed by atoms with van der Waals surface area (Å²) in [4.78, 5) is 19.3. The van der Waals surface area contributed by atoms with E-state index in [0.717, 1.165) is 31.1 Å². The summed E-state index contributed by atoms with van der Waals surface area (Å²) in [6.07, 6.45) is 3.88. The molecule has 1 amide bonds.